The van der Waals surface area contributed by atoms with Crippen LogP contribution in [0.25, 0.3) is 0 Å². The van der Waals surface area contributed by atoms with Crippen molar-refractivity contribution in [3.63, 3.8) is 0 Å². The van der Waals surface area contributed by atoms with Crippen molar-refractivity contribution in [2.75, 3.05) is 0 Å². The number of pyridine rings is 1. The van der Waals surface area contributed by atoms with Crippen molar-refractivity contribution in [1.29, 1.82) is 0 Å². The van der Waals surface area contributed by atoms with Gasteiger partial charge in [-0.05, 0) is 42.6 Å². The van der Waals surface area contributed by atoms with Crippen molar-refractivity contribution in [2.24, 2.45) is 0 Å². The fourth-order valence-electron chi connectivity index (χ4n) is 2.68. The van der Waals surface area contributed by atoms with Crippen LogP contribution in [0, 0.1) is 0 Å². The summed E-state index contributed by atoms with van der Waals surface area (Å²) in [6.45, 7) is 3.83. The maximum absolute atomic E-state index is 12.2. The maximum Gasteiger partial charge on any atom is 0.492 e. The van der Waals surface area contributed by atoms with Crippen molar-refractivity contribution in [1.82, 2.24) is 4.98 Å². The molecule has 1 N–H and O–H groups in total. The fourth-order valence-corrected chi connectivity index (χ4v) is 2.68. The second-order valence-electron chi connectivity index (χ2n) is 5.72. The molecule has 21 heavy (non-hydrogen) atoms. The molecule has 1 aliphatic rings. The summed E-state index contributed by atoms with van der Waals surface area (Å²) in [5.74, 6) is -0.0387. The van der Waals surface area contributed by atoms with Gasteiger partial charge in [-0.3, -0.25) is 9.78 Å². The monoisotopic (exact) mass is 281 g/mol. The number of nitrogens with zero attached hydrogens (tertiary/aromatic N) is 1. The molecule has 0 bridgehead atoms. The zero-order valence-corrected chi connectivity index (χ0v) is 12.0. The van der Waals surface area contributed by atoms with E-state index in [0.717, 1.165) is 16.6 Å². The third kappa shape index (κ3) is 2.62. The lowest BCUT2D eigenvalue weighted by molar-refractivity contribution is 0.0987. The highest BCUT2D eigenvalue weighted by Crippen LogP contribution is 2.29. The van der Waals surface area contributed by atoms with Crippen LogP contribution in [0.2, 0.25) is 0 Å². The van der Waals surface area contributed by atoms with Crippen LogP contribution in [0.5, 0.6) is 0 Å². The van der Waals surface area contributed by atoms with Gasteiger partial charge in [0.25, 0.3) is 0 Å². The highest BCUT2D eigenvalue weighted by atomic mass is 16.5. The third-order valence-electron chi connectivity index (χ3n) is 3.75. The van der Waals surface area contributed by atoms with E-state index >= 15 is 0 Å². The predicted octanol–water partition coefficient (Wildman–Crippen LogP) is 1.46. The number of aromatic nitrogens is 1. The number of rotatable bonds is 3. The predicted molar refractivity (Wildman–Crippen MR) is 80.4 cm³/mol. The summed E-state index contributed by atoms with van der Waals surface area (Å²) in [4.78, 5) is 16.2. The molecule has 0 saturated carbocycles. The van der Waals surface area contributed by atoms with E-state index in [2.05, 4.69) is 4.98 Å². The molecule has 1 aliphatic heterocycles. The average molecular weight is 281 g/mol. The van der Waals surface area contributed by atoms with Gasteiger partial charge in [0, 0.05) is 12.6 Å². The number of hydrogen-bond donors (Lipinski definition) is 1. The Morgan fingerprint density at radius 3 is 2.86 bits per heavy atom. The first kappa shape index (κ1) is 14.0. The standard InChI is InChI=1S/C16H16BNO3/c1-16(2)12-7-6-11(9-13(12)17(20)21-16)10-15(19)14-5-3-4-8-18-14/h3-9,20H,10H2,1-2H3. The molecule has 0 atom stereocenters. The quantitative estimate of drug-likeness (QED) is 0.683. The van der Waals surface area contributed by atoms with E-state index in [4.69, 9.17) is 4.65 Å². The highest BCUT2D eigenvalue weighted by molar-refractivity contribution is 6.62. The van der Waals surface area contributed by atoms with Gasteiger partial charge in [0.05, 0.1) is 5.60 Å². The van der Waals surface area contributed by atoms with E-state index in [1.807, 2.05) is 32.0 Å². The molecule has 2 heterocycles. The van der Waals surface area contributed by atoms with Crippen LogP contribution in [0.1, 0.15) is 35.5 Å². The summed E-state index contributed by atoms with van der Waals surface area (Å²) >= 11 is 0. The topological polar surface area (TPSA) is 59.4 Å². The minimum absolute atomic E-state index is 0.0387. The van der Waals surface area contributed by atoms with Crippen LogP contribution in [0.3, 0.4) is 0 Å². The Labute approximate surface area is 123 Å². The Bertz CT molecular complexity index is 685. The average Bonchev–Trinajstić information content (AvgIpc) is 2.69. The van der Waals surface area contributed by atoms with Crippen LogP contribution in [-0.4, -0.2) is 22.9 Å². The van der Waals surface area contributed by atoms with E-state index in [9.17, 15) is 9.82 Å². The Balaban J connectivity index is 1.86. The Morgan fingerprint density at radius 2 is 2.14 bits per heavy atom. The summed E-state index contributed by atoms with van der Waals surface area (Å²) in [6, 6.07) is 11.0. The number of carbonyl (C=O) groups is 1. The molecule has 0 unspecified atom stereocenters. The SMILES string of the molecule is CC1(C)OB(O)c2cc(CC(=O)c3ccccn3)ccc21. The fraction of sp³-hybridized carbons (Fsp3) is 0.250. The van der Waals surface area contributed by atoms with Crippen LogP contribution < -0.4 is 5.46 Å². The highest BCUT2D eigenvalue weighted by Gasteiger charge is 2.40. The van der Waals surface area contributed by atoms with Gasteiger partial charge < -0.3 is 9.68 Å². The van der Waals surface area contributed by atoms with Crippen molar-refractivity contribution < 1.29 is 14.5 Å². The normalized spacial score (nSPS) is 15.9. The Morgan fingerprint density at radius 1 is 1.33 bits per heavy atom. The number of ketones is 1. The smallest absolute Gasteiger partial charge is 0.423 e. The molecule has 3 rings (SSSR count). The number of carbonyl (C=O) groups excluding carboxylic acids is 1. The van der Waals surface area contributed by atoms with Gasteiger partial charge >= 0.3 is 7.12 Å². The lowest BCUT2D eigenvalue weighted by atomic mass is 9.77. The van der Waals surface area contributed by atoms with Gasteiger partial charge in [0.1, 0.15) is 5.69 Å². The first-order valence-corrected chi connectivity index (χ1v) is 6.91. The summed E-state index contributed by atoms with van der Waals surface area (Å²) in [5.41, 5.74) is 2.51. The molecule has 5 heteroatoms. The Hall–Kier alpha value is -1.98. The van der Waals surface area contributed by atoms with Gasteiger partial charge in [-0.2, -0.15) is 0 Å². The zero-order chi connectivity index (χ0) is 15.0. The van der Waals surface area contributed by atoms with Crippen molar-refractivity contribution >= 4 is 18.4 Å². The number of fused-ring (bicyclic) bond motifs is 1. The number of hydrogen-bond acceptors (Lipinski definition) is 4. The molecule has 0 aliphatic carbocycles. The van der Waals surface area contributed by atoms with Crippen LogP contribution in [-0.2, 0) is 16.7 Å². The van der Waals surface area contributed by atoms with Gasteiger partial charge in [-0.15, -0.1) is 0 Å². The van der Waals surface area contributed by atoms with Gasteiger partial charge in [-0.25, -0.2) is 0 Å². The molecule has 1 aromatic carbocycles. The maximum atomic E-state index is 12.2. The first-order chi connectivity index (χ1) is 9.97. The van der Waals surface area contributed by atoms with Gasteiger partial charge in [0.2, 0.25) is 0 Å². The molecule has 0 saturated heterocycles. The molecule has 0 fully saturated rings. The molecule has 0 radical (unpaired) electrons. The summed E-state index contributed by atoms with van der Waals surface area (Å²) in [6.07, 6.45) is 1.87. The largest absolute Gasteiger partial charge is 0.492 e. The van der Waals surface area contributed by atoms with E-state index in [-0.39, 0.29) is 12.2 Å². The van der Waals surface area contributed by atoms with E-state index in [0.29, 0.717) is 5.69 Å². The van der Waals surface area contributed by atoms with Crippen molar-refractivity contribution in [3.05, 3.63) is 59.4 Å². The Kier molecular flexibility index (Phi) is 3.39. The van der Waals surface area contributed by atoms with E-state index < -0.39 is 12.7 Å². The summed E-state index contributed by atoms with van der Waals surface area (Å²) in [7, 11) is -0.931. The van der Waals surface area contributed by atoms with Crippen LogP contribution in [0.4, 0.5) is 0 Å². The molecule has 106 valence electrons. The van der Waals surface area contributed by atoms with Crippen molar-refractivity contribution in [3.8, 4) is 0 Å². The molecule has 0 amide bonds. The minimum atomic E-state index is -0.931. The minimum Gasteiger partial charge on any atom is -0.423 e. The zero-order valence-electron chi connectivity index (χ0n) is 12.0. The van der Waals surface area contributed by atoms with E-state index in [1.54, 1.807) is 24.4 Å². The van der Waals surface area contributed by atoms with Crippen molar-refractivity contribution in [2.45, 2.75) is 25.9 Å². The van der Waals surface area contributed by atoms with E-state index in [1.165, 1.54) is 0 Å². The number of Topliss-reactive ketones (excluding diaryl/α,β-unsaturated/α-hetero) is 1. The summed E-state index contributed by atoms with van der Waals surface area (Å²) in [5, 5.41) is 9.97. The lowest BCUT2D eigenvalue weighted by Gasteiger charge is -2.19. The lowest BCUT2D eigenvalue weighted by Crippen LogP contribution is -2.29. The molecular formula is C16H16BNO3. The molecular weight excluding hydrogens is 265 g/mol. The number of benzene rings is 1. The molecule has 1 aromatic heterocycles. The van der Waals surface area contributed by atoms with Crippen LogP contribution in [0.15, 0.2) is 42.6 Å². The second-order valence-corrected chi connectivity index (χ2v) is 5.72. The molecule has 2 aromatic rings. The van der Waals surface area contributed by atoms with Gasteiger partial charge in [0.15, 0.2) is 5.78 Å². The first-order valence-electron chi connectivity index (χ1n) is 6.91. The van der Waals surface area contributed by atoms with Gasteiger partial charge in [-0.1, -0.05) is 24.3 Å². The third-order valence-corrected chi connectivity index (χ3v) is 3.75. The molecule has 0 spiro atoms. The molecule has 4 nitrogen and oxygen atoms in total. The summed E-state index contributed by atoms with van der Waals surface area (Å²) < 4.78 is 5.52. The second kappa shape index (κ2) is 5.09. The van der Waals surface area contributed by atoms with Crippen LogP contribution >= 0.6 is 0 Å².